The van der Waals surface area contributed by atoms with E-state index in [1.165, 1.54) is 31.0 Å². The van der Waals surface area contributed by atoms with Gasteiger partial charge < -0.3 is 9.73 Å². The molecule has 1 aliphatic rings. The maximum atomic E-state index is 12.9. The molecule has 7 nitrogen and oxygen atoms in total. The number of thioether (sulfide) groups is 1. The van der Waals surface area contributed by atoms with Crippen LogP contribution in [0, 0.1) is 0 Å². The molecule has 1 fully saturated rings. The summed E-state index contributed by atoms with van der Waals surface area (Å²) in [5.74, 6) is 1.87. The van der Waals surface area contributed by atoms with Crippen LogP contribution in [0.3, 0.4) is 0 Å². The summed E-state index contributed by atoms with van der Waals surface area (Å²) >= 11 is 1.39. The lowest BCUT2D eigenvalue weighted by atomic mass is 10.1. The van der Waals surface area contributed by atoms with Gasteiger partial charge in [0.1, 0.15) is 5.76 Å². The Kier molecular flexibility index (Phi) is 7.60. The van der Waals surface area contributed by atoms with Gasteiger partial charge in [0.05, 0.1) is 18.1 Å². The zero-order valence-electron chi connectivity index (χ0n) is 19.5. The summed E-state index contributed by atoms with van der Waals surface area (Å²) in [6, 6.07) is 23.9. The summed E-state index contributed by atoms with van der Waals surface area (Å²) in [7, 11) is 0. The molecule has 2 aromatic heterocycles. The molecule has 1 saturated heterocycles. The molecule has 0 bridgehead atoms. The molecule has 0 spiro atoms. The summed E-state index contributed by atoms with van der Waals surface area (Å²) in [5, 5.41) is 12.7. The molecule has 8 heteroatoms. The summed E-state index contributed by atoms with van der Waals surface area (Å²) in [6.45, 7) is 2.57. The molecule has 3 heterocycles. The molecule has 1 aliphatic heterocycles. The summed E-state index contributed by atoms with van der Waals surface area (Å²) in [4.78, 5) is 15.3. The van der Waals surface area contributed by atoms with Crippen molar-refractivity contribution in [2.75, 3.05) is 25.4 Å². The van der Waals surface area contributed by atoms with E-state index in [-0.39, 0.29) is 17.7 Å². The number of likely N-dealkylation sites (tertiary alicyclic amines) is 1. The predicted molar refractivity (Wildman–Crippen MR) is 137 cm³/mol. The Morgan fingerprint density at radius 1 is 0.943 bits per heavy atom. The standard InChI is InChI=1S/C27H29N5O2S/c33-25(28-19-23(24-15-10-18-34-24)31-16-8-3-9-17-31)20-35-27-30-29-26(21-11-4-1-5-12-21)32(27)22-13-6-2-7-14-22/h1-2,4-7,10-15,18,23H,3,8-9,16-17,19-20H2,(H,28,33). The van der Waals surface area contributed by atoms with Crippen LogP contribution in [0.1, 0.15) is 31.1 Å². The minimum absolute atomic E-state index is 0.0348. The van der Waals surface area contributed by atoms with E-state index in [2.05, 4.69) is 20.4 Å². The first-order valence-electron chi connectivity index (χ1n) is 12.0. The highest BCUT2D eigenvalue weighted by Crippen LogP contribution is 2.28. The molecule has 0 saturated carbocycles. The molecule has 35 heavy (non-hydrogen) atoms. The number of furan rings is 1. The second-order valence-electron chi connectivity index (χ2n) is 8.56. The van der Waals surface area contributed by atoms with Gasteiger partial charge in [-0.3, -0.25) is 14.3 Å². The van der Waals surface area contributed by atoms with E-state index in [0.29, 0.717) is 11.7 Å². The largest absolute Gasteiger partial charge is 0.468 e. The van der Waals surface area contributed by atoms with Crippen molar-refractivity contribution < 1.29 is 9.21 Å². The monoisotopic (exact) mass is 487 g/mol. The molecule has 2 aromatic carbocycles. The number of para-hydroxylation sites is 1. The van der Waals surface area contributed by atoms with E-state index in [4.69, 9.17) is 4.42 Å². The third-order valence-electron chi connectivity index (χ3n) is 6.21. The van der Waals surface area contributed by atoms with Crippen LogP contribution in [0.25, 0.3) is 17.1 Å². The fourth-order valence-corrected chi connectivity index (χ4v) is 5.24. The lowest BCUT2D eigenvalue weighted by molar-refractivity contribution is -0.118. The normalized spacial score (nSPS) is 15.1. The van der Waals surface area contributed by atoms with E-state index in [1.807, 2.05) is 77.4 Å². The van der Waals surface area contributed by atoms with Crippen molar-refractivity contribution in [3.05, 3.63) is 84.8 Å². The third kappa shape index (κ3) is 5.66. The molecule has 0 aliphatic carbocycles. The lowest BCUT2D eigenvalue weighted by Gasteiger charge is -2.33. The van der Waals surface area contributed by atoms with Gasteiger partial charge in [-0.1, -0.05) is 66.7 Å². The second kappa shape index (κ2) is 11.4. The van der Waals surface area contributed by atoms with Crippen LogP contribution < -0.4 is 5.32 Å². The van der Waals surface area contributed by atoms with Crippen LogP contribution >= 0.6 is 11.8 Å². The maximum absolute atomic E-state index is 12.9. The predicted octanol–water partition coefficient (Wildman–Crippen LogP) is 4.96. The van der Waals surface area contributed by atoms with Gasteiger partial charge in [-0.15, -0.1) is 10.2 Å². The van der Waals surface area contributed by atoms with Crippen molar-refractivity contribution in [3.63, 3.8) is 0 Å². The van der Waals surface area contributed by atoms with E-state index >= 15 is 0 Å². The topological polar surface area (TPSA) is 76.2 Å². The van der Waals surface area contributed by atoms with Crippen molar-refractivity contribution in [3.8, 4) is 17.1 Å². The molecule has 1 atom stereocenters. The van der Waals surface area contributed by atoms with Gasteiger partial charge in [-0.25, -0.2) is 0 Å². The number of carbonyl (C=O) groups is 1. The Labute approximate surface area is 209 Å². The van der Waals surface area contributed by atoms with Crippen molar-refractivity contribution in [1.82, 2.24) is 25.0 Å². The van der Waals surface area contributed by atoms with Gasteiger partial charge in [0.2, 0.25) is 5.91 Å². The Morgan fingerprint density at radius 2 is 1.69 bits per heavy atom. The van der Waals surface area contributed by atoms with Crippen LogP contribution in [0.5, 0.6) is 0 Å². The molecule has 180 valence electrons. The highest BCUT2D eigenvalue weighted by molar-refractivity contribution is 7.99. The number of piperidine rings is 1. The second-order valence-corrected chi connectivity index (χ2v) is 9.51. The molecular weight excluding hydrogens is 458 g/mol. The summed E-state index contributed by atoms with van der Waals surface area (Å²) in [6.07, 6.45) is 5.32. The van der Waals surface area contributed by atoms with Gasteiger partial charge in [-0.05, 0) is 50.2 Å². The van der Waals surface area contributed by atoms with Gasteiger partial charge in [0.25, 0.3) is 0 Å². The number of rotatable bonds is 9. The molecule has 0 radical (unpaired) electrons. The Hall–Kier alpha value is -3.36. The number of benzene rings is 2. The molecule has 1 amide bonds. The molecule has 1 unspecified atom stereocenters. The third-order valence-corrected chi connectivity index (χ3v) is 7.14. The Balaban J connectivity index is 1.28. The van der Waals surface area contributed by atoms with Crippen LogP contribution in [-0.2, 0) is 4.79 Å². The van der Waals surface area contributed by atoms with E-state index < -0.39 is 0 Å². The summed E-state index contributed by atoms with van der Waals surface area (Å²) in [5.41, 5.74) is 1.94. The summed E-state index contributed by atoms with van der Waals surface area (Å²) < 4.78 is 7.71. The highest BCUT2D eigenvalue weighted by atomic mass is 32.2. The minimum atomic E-state index is -0.0348. The van der Waals surface area contributed by atoms with Gasteiger partial charge in [0.15, 0.2) is 11.0 Å². The fraction of sp³-hybridized carbons (Fsp3) is 0.296. The highest BCUT2D eigenvalue weighted by Gasteiger charge is 2.25. The zero-order valence-corrected chi connectivity index (χ0v) is 20.4. The van der Waals surface area contributed by atoms with Crippen LogP contribution in [0.2, 0.25) is 0 Å². The quantitative estimate of drug-likeness (QED) is 0.336. The average molecular weight is 488 g/mol. The number of hydrogen-bond donors (Lipinski definition) is 1. The van der Waals surface area contributed by atoms with E-state index in [9.17, 15) is 4.79 Å². The zero-order chi connectivity index (χ0) is 23.9. The molecular formula is C27H29N5O2S. The van der Waals surface area contributed by atoms with Gasteiger partial charge in [0, 0.05) is 17.8 Å². The van der Waals surface area contributed by atoms with Gasteiger partial charge in [-0.2, -0.15) is 0 Å². The average Bonchev–Trinajstić information content (AvgIpc) is 3.60. The first-order chi connectivity index (χ1) is 17.3. The molecule has 4 aromatic rings. The van der Waals surface area contributed by atoms with E-state index in [1.54, 1.807) is 6.26 Å². The lowest BCUT2D eigenvalue weighted by Crippen LogP contribution is -2.40. The number of carbonyl (C=O) groups excluding carboxylic acids is 1. The molecule has 1 N–H and O–H groups in total. The Morgan fingerprint density at radius 3 is 2.40 bits per heavy atom. The van der Waals surface area contributed by atoms with Crippen LogP contribution in [0.15, 0.2) is 88.6 Å². The van der Waals surface area contributed by atoms with Crippen molar-refractivity contribution in [2.45, 2.75) is 30.5 Å². The number of nitrogens with zero attached hydrogens (tertiary/aromatic N) is 4. The maximum Gasteiger partial charge on any atom is 0.230 e. The first-order valence-corrected chi connectivity index (χ1v) is 13.0. The minimum Gasteiger partial charge on any atom is -0.468 e. The first kappa shape index (κ1) is 23.4. The van der Waals surface area contributed by atoms with Crippen molar-refractivity contribution in [1.29, 1.82) is 0 Å². The van der Waals surface area contributed by atoms with E-state index in [0.717, 1.165) is 35.9 Å². The smallest absolute Gasteiger partial charge is 0.230 e. The number of nitrogens with one attached hydrogen (secondary N) is 1. The number of aromatic nitrogens is 3. The SMILES string of the molecule is O=C(CSc1nnc(-c2ccccc2)n1-c1ccccc1)NCC(c1ccco1)N1CCCCC1. The van der Waals surface area contributed by atoms with Gasteiger partial charge >= 0.3 is 0 Å². The number of hydrogen-bond acceptors (Lipinski definition) is 6. The van der Waals surface area contributed by atoms with Crippen LogP contribution in [0.4, 0.5) is 0 Å². The van der Waals surface area contributed by atoms with Crippen molar-refractivity contribution >= 4 is 17.7 Å². The fourth-order valence-electron chi connectivity index (χ4n) is 4.46. The number of amides is 1. The van der Waals surface area contributed by atoms with Crippen LogP contribution in [-0.4, -0.2) is 51.0 Å². The molecule has 5 rings (SSSR count). The van der Waals surface area contributed by atoms with Crippen molar-refractivity contribution in [2.24, 2.45) is 0 Å². The Bertz CT molecular complexity index is 1210.